The Kier molecular flexibility index (Phi) is 5.22. The van der Waals surface area contributed by atoms with Gasteiger partial charge in [-0.1, -0.05) is 13.8 Å². The van der Waals surface area contributed by atoms with Crippen LogP contribution >= 0.6 is 0 Å². The van der Waals surface area contributed by atoms with E-state index >= 15 is 0 Å². The third-order valence-electron chi connectivity index (χ3n) is 4.49. The highest BCUT2D eigenvalue weighted by atomic mass is 16.6. The number of carbonyl (C=O) groups excluding carboxylic acids is 1. The molecule has 0 amide bonds. The van der Waals surface area contributed by atoms with E-state index in [9.17, 15) is 4.79 Å². The second kappa shape index (κ2) is 7.43. The molecule has 0 saturated carbocycles. The van der Waals surface area contributed by atoms with Crippen LogP contribution in [-0.4, -0.2) is 28.1 Å². The maximum atomic E-state index is 12.2. The van der Waals surface area contributed by atoms with Gasteiger partial charge >= 0.3 is 5.97 Å². The maximum absolute atomic E-state index is 12.2. The second-order valence-electron chi connectivity index (χ2n) is 7.34. The summed E-state index contributed by atoms with van der Waals surface area (Å²) >= 11 is 0. The summed E-state index contributed by atoms with van der Waals surface area (Å²) in [6, 6.07) is 9.85. The molecule has 0 bridgehead atoms. The fourth-order valence-corrected chi connectivity index (χ4v) is 3.16. The van der Waals surface area contributed by atoms with Crippen LogP contribution in [0.25, 0.3) is 22.0 Å². The number of nitrogens with one attached hydrogen (secondary N) is 1. The van der Waals surface area contributed by atoms with Crippen LogP contribution in [0, 0.1) is 0 Å². The van der Waals surface area contributed by atoms with Crippen molar-refractivity contribution in [1.82, 2.24) is 9.97 Å². The molecule has 0 aliphatic rings. The Morgan fingerprint density at radius 2 is 1.89 bits per heavy atom. The number of esters is 1. The molecule has 5 nitrogen and oxygen atoms in total. The molecule has 0 aliphatic carbocycles. The normalized spacial score (nSPS) is 11.8. The third kappa shape index (κ3) is 3.82. The number of rotatable bonds is 6. The minimum Gasteiger partial charge on any atom is -0.476 e. The molecule has 2 aromatic heterocycles. The van der Waals surface area contributed by atoms with Crippen molar-refractivity contribution in [3.8, 4) is 16.9 Å². The topological polar surface area (TPSA) is 64.2 Å². The second-order valence-corrected chi connectivity index (χ2v) is 7.34. The summed E-state index contributed by atoms with van der Waals surface area (Å²) in [5, 5.41) is 1.06. The number of pyridine rings is 1. The summed E-state index contributed by atoms with van der Waals surface area (Å²) in [5.41, 5.74) is 3.38. The van der Waals surface area contributed by atoms with E-state index in [1.807, 2.05) is 30.3 Å². The Bertz CT molecular complexity index is 943. The molecule has 0 spiro atoms. The number of aromatic amines is 1. The highest BCUT2D eigenvalue weighted by Crippen LogP contribution is 2.38. The van der Waals surface area contributed by atoms with E-state index in [0.717, 1.165) is 27.7 Å². The summed E-state index contributed by atoms with van der Waals surface area (Å²) in [7, 11) is 0. The lowest BCUT2D eigenvalue weighted by molar-refractivity contribution is -0.158. The number of carbonyl (C=O) groups is 1. The Hall–Kier alpha value is -2.82. The van der Waals surface area contributed by atoms with Crippen LogP contribution in [-0.2, 0) is 9.53 Å². The van der Waals surface area contributed by atoms with Crippen molar-refractivity contribution in [2.45, 2.75) is 46.1 Å². The van der Waals surface area contributed by atoms with Crippen molar-refractivity contribution >= 4 is 16.9 Å². The number of hydrogen-bond donors (Lipinski definition) is 1. The largest absolute Gasteiger partial charge is 0.476 e. The monoisotopic (exact) mass is 366 g/mol. The molecule has 1 aromatic carbocycles. The summed E-state index contributed by atoms with van der Waals surface area (Å²) < 4.78 is 11.1. The van der Waals surface area contributed by atoms with Crippen molar-refractivity contribution in [3.05, 3.63) is 48.4 Å². The predicted molar refractivity (Wildman–Crippen MR) is 107 cm³/mol. The highest BCUT2D eigenvalue weighted by Gasteiger charge is 2.31. The number of hydrogen-bond acceptors (Lipinski definition) is 4. The molecular weight excluding hydrogens is 340 g/mol. The van der Waals surface area contributed by atoms with Gasteiger partial charge in [0.1, 0.15) is 5.75 Å². The number of H-pyrrole nitrogens is 1. The van der Waals surface area contributed by atoms with Crippen LogP contribution in [0.15, 0.2) is 42.7 Å². The molecule has 0 fully saturated rings. The molecule has 0 radical (unpaired) electrons. The standard InChI is InChI=1S/C22H26N2O3/c1-6-26-21(25)22(4,5)27-16-7-8-18-17(13-16)19(20(24-18)14(2)3)15-9-11-23-12-10-15/h7-14,24H,6H2,1-5H3. The quantitative estimate of drug-likeness (QED) is 0.618. The number of benzene rings is 1. The van der Waals surface area contributed by atoms with E-state index in [4.69, 9.17) is 9.47 Å². The van der Waals surface area contributed by atoms with Gasteiger partial charge in [-0.2, -0.15) is 0 Å². The van der Waals surface area contributed by atoms with E-state index in [2.05, 4.69) is 23.8 Å². The Balaban J connectivity index is 2.08. The van der Waals surface area contributed by atoms with Gasteiger partial charge in [0.05, 0.1) is 6.61 Å². The zero-order valence-electron chi connectivity index (χ0n) is 16.5. The van der Waals surface area contributed by atoms with E-state index in [1.54, 1.807) is 33.2 Å². The molecule has 0 atom stereocenters. The maximum Gasteiger partial charge on any atom is 0.349 e. The van der Waals surface area contributed by atoms with Gasteiger partial charge in [-0.15, -0.1) is 0 Å². The van der Waals surface area contributed by atoms with Crippen LogP contribution < -0.4 is 4.74 Å². The van der Waals surface area contributed by atoms with E-state index < -0.39 is 5.60 Å². The van der Waals surface area contributed by atoms with Crippen LogP contribution in [0.3, 0.4) is 0 Å². The number of fused-ring (bicyclic) bond motifs is 1. The van der Waals surface area contributed by atoms with Crippen LogP contribution in [0.2, 0.25) is 0 Å². The Labute approximate surface area is 159 Å². The summed E-state index contributed by atoms with van der Waals surface area (Å²) in [6.07, 6.45) is 3.59. The Morgan fingerprint density at radius 3 is 2.52 bits per heavy atom. The average molecular weight is 366 g/mol. The first kappa shape index (κ1) is 19.0. The zero-order valence-corrected chi connectivity index (χ0v) is 16.5. The van der Waals surface area contributed by atoms with Gasteiger partial charge in [0.25, 0.3) is 0 Å². The molecular formula is C22H26N2O3. The van der Waals surface area contributed by atoms with Crippen molar-refractivity contribution in [1.29, 1.82) is 0 Å². The van der Waals surface area contributed by atoms with Gasteiger partial charge in [0.2, 0.25) is 0 Å². The molecule has 3 aromatic rings. The van der Waals surface area contributed by atoms with E-state index in [-0.39, 0.29) is 5.97 Å². The summed E-state index contributed by atoms with van der Waals surface area (Å²) in [4.78, 5) is 19.8. The minimum atomic E-state index is -1.06. The van der Waals surface area contributed by atoms with E-state index in [0.29, 0.717) is 18.3 Å². The molecule has 27 heavy (non-hydrogen) atoms. The molecule has 0 saturated heterocycles. The van der Waals surface area contributed by atoms with Crippen molar-refractivity contribution in [2.75, 3.05) is 6.61 Å². The fraction of sp³-hybridized carbons (Fsp3) is 0.364. The fourth-order valence-electron chi connectivity index (χ4n) is 3.16. The first-order valence-electron chi connectivity index (χ1n) is 9.25. The first-order chi connectivity index (χ1) is 12.8. The smallest absolute Gasteiger partial charge is 0.349 e. The van der Waals surface area contributed by atoms with Crippen LogP contribution in [0.1, 0.15) is 46.2 Å². The number of ether oxygens (including phenoxy) is 2. The SMILES string of the molecule is CCOC(=O)C(C)(C)Oc1ccc2[nH]c(C(C)C)c(-c3ccncc3)c2c1. The molecule has 142 valence electrons. The summed E-state index contributed by atoms with van der Waals surface area (Å²) in [6.45, 7) is 9.87. The molecule has 2 heterocycles. The Morgan fingerprint density at radius 1 is 1.19 bits per heavy atom. The molecule has 5 heteroatoms. The zero-order chi connectivity index (χ0) is 19.6. The third-order valence-corrected chi connectivity index (χ3v) is 4.49. The molecule has 1 N–H and O–H groups in total. The van der Waals surface area contributed by atoms with Gasteiger partial charge in [-0.05, 0) is 62.6 Å². The van der Waals surface area contributed by atoms with E-state index in [1.165, 1.54) is 0 Å². The van der Waals surface area contributed by atoms with Gasteiger partial charge < -0.3 is 14.5 Å². The summed E-state index contributed by atoms with van der Waals surface area (Å²) in [5.74, 6) is 0.586. The lowest BCUT2D eigenvalue weighted by Crippen LogP contribution is -2.39. The van der Waals surface area contributed by atoms with Gasteiger partial charge in [0.15, 0.2) is 5.60 Å². The van der Waals surface area contributed by atoms with Crippen LogP contribution in [0.4, 0.5) is 0 Å². The predicted octanol–water partition coefficient (Wildman–Crippen LogP) is 5.07. The molecule has 3 rings (SSSR count). The minimum absolute atomic E-state index is 0.326. The lowest BCUT2D eigenvalue weighted by Gasteiger charge is -2.24. The number of aromatic nitrogens is 2. The molecule has 0 aliphatic heterocycles. The van der Waals surface area contributed by atoms with Crippen molar-refractivity contribution < 1.29 is 14.3 Å². The first-order valence-corrected chi connectivity index (χ1v) is 9.25. The van der Waals surface area contributed by atoms with Gasteiger partial charge in [-0.25, -0.2) is 4.79 Å². The average Bonchev–Trinajstić information content (AvgIpc) is 3.01. The van der Waals surface area contributed by atoms with Crippen molar-refractivity contribution in [3.63, 3.8) is 0 Å². The number of nitrogens with zero attached hydrogens (tertiary/aromatic N) is 1. The highest BCUT2D eigenvalue weighted by molar-refractivity contribution is 5.98. The van der Waals surface area contributed by atoms with Crippen LogP contribution in [0.5, 0.6) is 5.75 Å². The lowest BCUT2D eigenvalue weighted by atomic mass is 9.97. The van der Waals surface area contributed by atoms with Crippen molar-refractivity contribution in [2.24, 2.45) is 0 Å². The molecule has 0 unspecified atom stereocenters. The van der Waals surface area contributed by atoms with Gasteiger partial charge in [0, 0.05) is 34.6 Å². The van der Waals surface area contributed by atoms with Gasteiger partial charge in [-0.3, -0.25) is 4.98 Å².